The SMILES string of the molecule is CCNc1nc(Cc2cn(C)nc2C)nc2c1C(C#N)=CC2. The van der Waals surface area contributed by atoms with Crippen LogP contribution in [0.4, 0.5) is 5.82 Å². The van der Waals surface area contributed by atoms with Crippen LogP contribution in [-0.4, -0.2) is 26.3 Å². The maximum absolute atomic E-state index is 9.24. The second kappa shape index (κ2) is 5.60. The number of rotatable bonds is 4. The zero-order valence-corrected chi connectivity index (χ0v) is 13.0. The Hall–Kier alpha value is -2.68. The summed E-state index contributed by atoms with van der Waals surface area (Å²) in [6.45, 7) is 4.76. The van der Waals surface area contributed by atoms with Gasteiger partial charge in [-0.3, -0.25) is 4.68 Å². The fraction of sp³-hybridized carbons (Fsp3) is 0.375. The summed E-state index contributed by atoms with van der Waals surface area (Å²) < 4.78 is 1.80. The van der Waals surface area contributed by atoms with Gasteiger partial charge in [0.05, 0.1) is 28.6 Å². The molecule has 112 valence electrons. The van der Waals surface area contributed by atoms with Crippen molar-refractivity contribution in [3.05, 3.63) is 40.6 Å². The number of aromatic nitrogens is 4. The molecule has 0 spiro atoms. The molecule has 2 heterocycles. The quantitative estimate of drug-likeness (QED) is 0.933. The van der Waals surface area contributed by atoms with Gasteiger partial charge in [-0.15, -0.1) is 0 Å². The average molecular weight is 294 g/mol. The Morgan fingerprint density at radius 3 is 2.86 bits per heavy atom. The fourth-order valence-electron chi connectivity index (χ4n) is 2.76. The van der Waals surface area contributed by atoms with Gasteiger partial charge in [0.1, 0.15) is 11.6 Å². The monoisotopic (exact) mass is 294 g/mol. The Morgan fingerprint density at radius 1 is 1.41 bits per heavy atom. The largest absolute Gasteiger partial charge is 0.370 e. The number of aryl methyl sites for hydroxylation is 2. The van der Waals surface area contributed by atoms with Gasteiger partial charge in [-0.25, -0.2) is 9.97 Å². The highest BCUT2D eigenvalue weighted by Crippen LogP contribution is 2.31. The van der Waals surface area contributed by atoms with Gasteiger partial charge in [0.25, 0.3) is 0 Å². The van der Waals surface area contributed by atoms with Crippen LogP contribution < -0.4 is 5.32 Å². The van der Waals surface area contributed by atoms with Gasteiger partial charge in [-0.1, -0.05) is 6.08 Å². The average Bonchev–Trinajstić information content (AvgIpc) is 3.02. The lowest BCUT2D eigenvalue weighted by Gasteiger charge is -2.11. The molecule has 2 aromatic rings. The third-order valence-electron chi connectivity index (χ3n) is 3.73. The molecular weight excluding hydrogens is 276 g/mol. The zero-order valence-electron chi connectivity index (χ0n) is 13.0. The summed E-state index contributed by atoms with van der Waals surface area (Å²) in [5, 5.41) is 16.8. The minimum Gasteiger partial charge on any atom is -0.370 e. The summed E-state index contributed by atoms with van der Waals surface area (Å²) >= 11 is 0. The van der Waals surface area contributed by atoms with Gasteiger partial charge in [0.2, 0.25) is 0 Å². The van der Waals surface area contributed by atoms with Crippen molar-refractivity contribution in [1.82, 2.24) is 19.7 Å². The van der Waals surface area contributed by atoms with Gasteiger partial charge < -0.3 is 5.32 Å². The van der Waals surface area contributed by atoms with Crippen LogP contribution in [0.2, 0.25) is 0 Å². The lowest BCUT2D eigenvalue weighted by Crippen LogP contribution is -2.09. The third kappa shape index (κ3) is 2.46. The standard InChI is InChI=1S/C16H18N6/c1-4-18-16-15-11(8-17)5-6-13(15)19-14(20-16)7-12-9-22(3)21-10(12)2/h5,9H,4,6-7H2,1-3H3,(H,18,19,20). The van der Waals surface area contributed by atoms with Crippen LogP contribution in [0.3, 0.4) is 0 Å². The van der Waals surface area contributed by atoms with E-state index in [9.17, 15) is 5.26 Å². The van der Waals surface area contributed by atoms with E-state index in [2.05, 4.69) is 26.5 Å². The van der Waals surface area contributed by atoms with Crippen molar-refractivity contribution in [2.24, 2.45) is 7.05 Å². The van der Waals surface area contributed by atoms with Crippen LogP contribution in [0, 0.1) is 18.3 Å². The molecule has 0 fully saturated rings. The molecule has 0 atom stereocenters. The number of anilines is 1. The van der Waals surface area contributed by atoms with Crippen LogP contribution in [0.25, 0.3) is 5.57 Å². The van der Waals surface area contributed by atoms with E-state index in [0.29, 0.717) is 18.4 Å². The molecule has 1 N–H and O–H groups in total. The molecule has 0 bridgehead atoms. The normalized spacial score (nSPS) is 12.7. The number of fused-ring (bicyclic) bond motifs is 1. The minimum absolute atomic E-state index is 0.646. The Balaban J connectivity index is 2.00. The van der Waals surface area contributed by atoms with Crippen molar-refractivity contribution in [3.8, 4) is 6.07 Å². The van der Waals surface area contributed by atoms with Crippen molar-refractivity contribution in [3.63, 3.8) is 0 Å². The maximum atomic E-state index is 9.24. The second-order valence-electron chi connectivity index (χ2n) is 5.36. The summed E-state index contributed by atoms with van der Waals surface area (Å²) in [4.78, 5) is 9.28. The molecule has 0 aliphatic heterocycles. The second-order valence-corrected chi connectivity index (χ2v) is 5.36. The van der Waals surface area contributed by atoms with E-state index >= 15 is 0 Å². The van der Waals surface area contributed by atoms with Gasteiger partial charge >= 0.3 is 0 Å². The lowest BCUT2D eigenvalue weighted by molar-refractivity contribution is 0.756. The van der Waals surface area contributed by atoms with Crippen LogP contribution in [0.5, 0.6) is 0 Å². The van der Waals surface area contributed by atoms with E-state index in [1.807, 2.05) is 33.2 Å². The maximum Gasteiger partial charge on any atom is 0.138 e. The Morgan fingerprint density at radius 2 is 2.23 bits per heavy atom. The highest BCUT2D eigenvalue weighted by molar-refractivity contribution is 5.87. The summed E-state index contributed by atoms with van der Waals surface area (Å²) in [6.07, 6.45) is 5.25. The van der Waals surface area contributed by atoms with E-state index in [1.165, 1.54) is 0 Å². The number of nitrogens with one attached hydrogen (secondary N) is 1. The fourth-order valence-corrected chi connectivity index (χ4v) is 2.76. The molecule has 0 amide bonds. The summed E-state index contributed by atoms with van der Waals surface area (Å²) in [6, 6.07) is 2.23. The first-order chi connectivity index (χ1) is 10.6. The molecule has 0 unspecified atom stereocenters. The first kappa shape index (κ1) is 14.3. The lowest BCUT2D eigenvalue weighted by atomic mass is 10.1. The Bertz CT molecular complexity index is 794. The Kier molecular flexibility index (Phi) is 3.63. The first-order valence-corrected chi connectivity index (χ1v) is 7.35. The number of allylic oxidation sites excluding steroid dienone is 2. The van der Waals surface area contributed by atoms with Crippen molar-refractivity contribution in [1.29, 1.82) is 5.26 Å². The van der Waals surface area contributed by atoms with Crippen molar-refractivity contribution >= 4 is 11.4 Å². The summed E-state index contributed by atoms with van der Waals surface area (Å²) in [7, 11) is 1.91. The topological polar surface area (TPSA) is 79.4 Å². The molecule has 0 saturated heterocycles. The third-order valence-corrected chi connectivity index (χ3v) is 3.73. The van der Waals surface area contributed by atoms with Crippen LogP contribution in [-0.2, 0) is 19.9 Å². The molecule has 0 radical (unpaired) electrons. The predicted molar refractivity (Wildman–Crippen MR) is 84.2 cm³/mol. The summed E-state index contributed by atoms with van der Waals surface area (Å²) in [5.41, 5.74) is 4.56. The van der Waals surface area contributed by atoms with Crippen LogP contribution in [0.15, 0.2) is 12.3 Å². The molecule has 3 rings (SSSR count). The Labute approximate surface area is 129 Å². The molecule has 6 heteroatoms. The molecular formula is C16H18N6. The van der Waals surface area contributed by atoms with E-state index in [0.717, 1.165) is 40.7 Å². The number of hydrogen-bond acceptors (Lipinski definition) is 5. The highest BCUT2D eigenvalue weighted by atomic mass is 15.2. The van der Waals surface area contributed by atoms with Gasteiger partial charge in [0.15, 0.2) is 0 Å². The van der Waals surface area contributed by atoms with E-state index in [4.69, 9.17) is 0 Å². The first-order valence-electron chi connectivity index (χ1n) is 7.35. The number of nitrogens with zero attached hydrogens (tertiary/aromatic N) is 5. The van der Waals surface area contributed by atoms with Gasteiger partial charge in [-0.05, 0) is 13.8 Å². The predicted octanol–water partition coefficient (Wildman–Crippen LogP) is 2.00. The van der Waals surface area contributed by atoms with Crippen LogP contribution >= 0.6 is 0 Å². The van der Waals surface area contributed by atoms with Gasteiger partial charge in [0, 0.05) is 38.2 Å². The molecule has 22 heavy (non-hydrogen) atoms. The minimum atomic E-state index is 0.646. The van der Waals surface area contributed by atoms with Crippen molar-refractivity contribution in [2.75, 3.05) is 11.9 Å². The molecule has 0 saturated carbocycles. The summed E-state index contributed by atoms with van der Waals surface area (Å²) in [5.74, 6) is 1.52. The van der Waals surface area contributed by atoms with E-state index in [-0.39, 0.29) is 0 Å². The smallest absolute Gasteiger partial charge is 0.138 e. The highest BCUT2D eigenvalue weighted by Gasteiger charge is 2.22. The number of hydrogen-bond donors (Lipinski definition) is 1. The number of nitriles is 1. The van der Waals surface area contributed by atoms with E-state index < -0.39 is 0 Å². The molecule has 1 aliphatic rings. The zero-order chi connectivity index (χ0) is 15.7. The van der Waals surface area contributed by atoms with E-state index in [1.54, 1.807) is 4.68 Å². The molecule has 6 nitrogen and oxygen atoms in total. The molecule has 0 aromatic carbocycles. The van der Waals surface area contributed by atoms with Crippen molar-refractivity contribution in [2.45, 2.75) is 26.7 Å². The molecule has 1 aliphatic carbocycles. The van der Waals surface area contributed by atoms with Crippen LogP contribution in [0.1, 0.15) is 35.3 Å². The van der Waals surface area contributed by atoms with Crippen molar-refractivity contribution < 1.29 is 0 Å². The molecule has 2 aromatic heterocycles. The van der Waals surface area contributed by atoms with Gasteiger partial charge in [-0.2, -0.15) is 10.4 Å².